The Balaban J connectivity index is 0.00000420. The maximum absolute atomic E-state index is 5.88. The van der Waals surface area contributed by atoms with Gasteiger partial charge in [-0.15, -0.1) is 24.0 Å². The summed E-state index contributed by atoms with van der Waals surface area (Å²) in [7, 11) is 1.65. The van der Waals surface area contributed by atoms with Gasteiger partial charge in [0.2, 0.25) is 0 Å². The molecule has 8 heteroatoms. The number of ether oxygens (including phenoxy) is 3. The van der Waals surface area contributed by atoms with Gasteiger partial charge in [-0.2, -0.15) is 0 Å². The summed E-state index contributed by atoms with van der Waals surface area (Å²) in [6, 6.07) is 7.62. The summed E-state index contributed by atoms with van der Waals surface area (Å²) in [4.78, 5) is 7.16. The van der Waals surface area contributed by atoms with E-state index in [2.05, 4.69) is 41.3 Å². The number of guanidine groups is 1. The van der Waals surface area contributed by atoms with E-state index >= 15 is 0 Å². The molecule has 1 aromatic rings. The fourth-order valence-corrected chi connectivity index (χ4v) is 3.14. The van der Waals surface area contributed by atoms with Gasteiger partial charge < -0.3 is 24.8 Å². The van der Waals surface area contributed by atoms with Crippen LogP contribution < -0.4 is 20.1 Å². The zero-order chi connectivity index (χ0) is 20.2. The minimum absolute atomic E-state index is 0. The smallest absolute Gasteiger partial charge is 0.191 e. The molecule has 7 nitrogen and oxygen atoms in total. The van der Waals surface area contributed by atoms with Crippen LogP contribution in [-0.2, 0) is 4.74 Å². The number of hydrogen-bond donors (Lipinski definition) is 2. The largest absolute Gasteiger partial charge is 0.497 e. The van der Waals surface area contributed by atoms with Crippen molar-refractivity contribution in [1.82, 2.24) is 15.5 Å². The Bertz CT molecular complexity index is 601. The Morgan fingerprint density at radius 2 is 2.10 bits per heavy atom. The van der Waals surface area contributed by atoms with Crippen molar-refractivity contribution in [2.75, 3.05) is 59.6 Å². The van der Waals surface area contributed by atoms with Crippen LogP contribution in [0.15, 0.2) is 29.3 Å². The van der Waals surface area contributed by atoms with E-state index in [1.165, 1.54) is 0 Å². The van der Waals surface area contributed by atoms with Gasteiger partial charge in [-0.05, 0) is 25.0 Å². The number of methoxy groups -OCH3 is 1. The summed E-state index contributed by atoms with van der Waals surface area (Å²) in [6.07, 6.45) is 0.149. The summed E-state index contributed by atoms with van der Waals surface area (Å²) < 4.78 is 16.9. The van der Waals surface area contributed by atoms with E-state index in [1.807, 2.05) is 24.3 Å². The molecule has 0 saturated carbocycles. The first-order valence-electron chi connectivity index (χ1n) is 10.2. The zero-order valence-corrected chi connectivity index (χ0v) is 20.5. The Labute approximate surface area is 192 Å². The molecule has 1 fully saturated rings. The lowest BCUT2D eigenvalue weighted by Gasteiger charge is -2.33. The average Bonchev–Trinajstić information content (AvgIpc) is 2.69. The molecule has 166 valence electrons. The molecule has 0 aromatic heterocycles. The van der Waals surface area contributed by atoms with Gasteiger partial charge in [0.25, 0.3) is 0 Å². The van der Waals surface area contributed by atoms with E-state index in [1.54, 1.807) is 7.11 Å². The van der Waals surface area contributed by atoms with E-state index in [-0.39, 0.29) is 30.1 Å². The molecule has 0 bridgehead atoms. The second kappa shape index (κ2) is 14.7. The van der Waals surface area contributed by atoms with Crippen molar-refractivity contribution in [2.45, 2.75) is 26.9 Å². The van der Waals surface area contributed by atoms with Crippen molar-refractivity contribution in [1.29, 1.82) is 0 Å². The number of morpholine rings is 1. The molecule has 0 amide bonds. The summed E-state index contributed by atoms with van der Waals surface area (Å²) >= 11 is 0. The quantitative estimate of drug-likeness (QED) is 0.214. The second-order valence-electron chi connectivity index (χ2n) is 7.32. The Hall–Kier alpha value is -1.26. The summed E-state index contributed by atoms with van der Waals surface area (Å²) in [5.41, 5.74) is 0. The van der Waals surface area contributed by atoms with Crippen molar-refractivity contribution in [3.8, 4) is 11.5 Å². The van der Waals surface area contributed by atoms with Crippen LogP contribution in [0, 0.1) is 5.92 Å². The Morgan fingerprint density at radius 3 is 2.83 bits per heavy atom. The summed E-state index contributed by atoms with van der Waals surface area (Å²) in [5.74, 6) is 3.05. The zero-order valence-electron chi connectivity index (χ0n) is 18.1. The average molecular weight is 520 g/mol. The highest BCUT2D eigenvalue weighted by atomic mass is 127. The van der Waals surface area contributed by atoms with Gasteiger partial charge >= 0.3 is 0 Å². The maximum atomic E-state index is 5.88. The number of benzene rings is 1. The topological polar surface area (TPSA) is 67.4 Å². The highest BCUT2D eigenvalue weighted by Gasteiger charge is 2.20. The molecular formula is C21H37IN4O3. The van der Waals surface area contributed by atoms with Crippen LogP contribution in [0.5, 0.6) is 11.5 Å². The van der Waals surface area contributed by atoms with Crippen molar-refractivity contribution >= 4 is 29.9 Å². The third-order valence-electron chi connectivity index (χ3n) is 4.35. The SMILES string of the molecule is CCNC(=NCC1CN(CC(C)C)CCO1)NCCOc1cccc(OC)c1.I. The molecule has 0 spiro atoms. The summed E-state index contributed by atoms with van der Waals surface area (Å²) in [5, 5.41) is 6.59. The fourth-order valence-electron chi connectivity index (χ4n) is 3.14. The minimum Gasteiger partial charge on any atom is -0.497 e. The van der Waals surface area contributed by atoms with Gasteiger partial charge in [0.15, 0.2) is 5.96 Å². The molecule has 1 aliphatic rings. The number of nitrogens with zero attached hydrogens (tertiary/aromatic N) is 2. The summed E-state index contributed by atoms with van der Waals surface area (Å²) in [6.45, 7) is 13.1. The van der Waals surface area contributed by atoms with Gasteiger partial charge in [-0.3, -0.25) is 9.89 Å². The molecule has 1 aliphatic heterocycles. The minimum atomic E-state index is 0. The second-order valence-corrected chi connectivity index (χ2v) is 7.32. The van der Waals surface area contributed by atoms with Gasteiger partial charge in [0.1, 0.15) is 18.1 Å². The van der Waals surface area contributed by atoms with Gasteiger partial charge in [-0.1, -0.05) is 19.9 Å². The van der Waals surface area contributed by atoms with Crippen LogP contribution in [0.25, 0.3) is 0 Å². The highest BCUT2D eigenvalue weighted by Crippen LogP contribution is 2.18. The van der Waals surface area contributed by atoms with Gasteiger partial charge in [0, 0.05) is 32.2 Å². The predicted molar refractivity (Wildman–Crippen MR) is 129 cm³/mol. The number of rotatable bonds is 10. The Kier molecular flexibility index (Phi) is 13.0. The van der Waals surface area contributed by atoms with Crippen molar-refractivity contribution in [3.05, 3.63) is 24.3 Å². The third kappa shape index (κ3) is 10.4. The highest BCUT2D eigenvalue weighted by molar-refractivity contribution is 14.0. The van der Waals surface area contributed by atoms with E-state index in [4.69, 9.17) is 14.2 Å². The molecule has 2 N–H and O–H groups in total. The molecule has 1 atom stereocenters. The molecule has 1 aromatic carbocycles. The number of hydrogen-bond acceptors (Lipinski definition) is 5. The monoisotopic (exact) mass is 520 g/mol. The number of nitrogens with one attached hydrogen (secondary N) is 2. The first-order valence-corrected chi connectivity index (χ1v) is 10.2. The molecule has 0 aliphatic carbocycles. The van der Waals surface area contributed by atoms with Crippen molar-refractivity contribution in [2.24, 2.45) is 10.9 Å². The third-order valence-corrected chi connectivity index (χ3v) is 4.35. The number of halogens is 1. The molecule has 1 unspecified atom stereocenters. The Morgan fingerprint density at radius 1 is 1.31 bits per heavy atom. The lowest BCUT2D eigenvalue weighted by molar-refractivity contribution is -0.0261. The van der Waals surface area contributed by atoms with Crippen LogP contribution in [0.3, 0.4) is 0 Å². The molecule has 0 radical (unpaired) electrons. The lowest BCUT2D eigenvalue weighted by atomic mass is 10.2. The van der Waals surface area contributed by atoms with Crippen LogP contribution in [0.4, 0.5) is 0 Å². The molecule has 2 rings (SSSR count). The molecule has 1 heterocycles. The van der Waals surface area contributed by atoms with Gasteiger partial charge in [-0.25, -0.2) is 0 Å². The fraction of sp³-hybridized carbons (Fsp3) is 0.667. The number of aliphatic imine (C=N–C) groups is 1. The first-order chi connectivity index (χ1) is 13.6. The van der Waals surface area contributed by atoms with Crippen LogP contribution in [-0.4, -0.2) is 76.6 Å². The maximum Gasteiger partial charge on any atom is 0.191 e. The molecule has 1 saturated heterocycles. The lowest BCUT2D eigenvalue weighted by Crippen LogP contribution is -2.46. The first kappa shape index (κ1) is 25.8. The normalized spacial score (nSPS) is 17.6. The van der Waals surface area contributed by atoms with E-state index in [0.717, 1.165) is 50.2 Å². The van der Waals surface area contributed by atoms with Crippen molar-refractivity contribution < 1.29 is 14.2 Å². The standard InChI is InChI=1S/C21H36N4O3.HI/c1-5-22-21(23-9-11-27-19-8-6-7-18(13-19)26-4)24-14-20-16-25(10-12-28-20)15-17(2)3;/h6-8,13,17,20H,5,9-12,14-16H2,1-4H3,(H2,22,23,24);1H. The predicted octanol–water partition coefficient (Wildman–Crippen LogP) is 2.60. The van der Waals surface area contributed by atoms with Crippen LogP contribution in [0.1, 0.15) is 20.8 Å². The van der Waals surface area contributed by atoms with Crippen LogP contribution >= 0.6 is 24.0 Å². The van der Waals surface area contributed by atoms with E-state index in [9.17, 15) is 0 Å². The van der Waals surface area contributed by atoms with Crippen molar-refractivity contribution in [3.63, 3.8) is 0 Å². The molecular weight excluding hydrogens is 483 g/mol. The van der Waals surface area contributed by atoms with Crippen LogP contribution in [0.2, 0.25) is 0 Å². The van der Waals surface area contributed by atoms with E-state index < -0.39 is 0 Å². The molecule has 29 heavy (non-hydrogen) atoms. The van der Waals surface area contributed by atoms with Gasteiger partial charge in [0.05, 0.1) is 32.9 Å². The van der Waals surface area contributed by atoms with E-state index in [0.29, 0.717) is 25.6 Å².